The van der Waals surface area contributed by atoms with Crippen molar-refractivity contribution in [2.24, 2.45) is 0 Å². The largest absolute Gasteiger partial charge is 0.478 e. The number of hydrogen-bond acceptors (Lipinski definition) is 5. The molecule has 0 spiro atoms. The van der Waals surface area contributed by atoms with Gasteiger partial charge in [-0.1, -0.05) is 11.8 Å². The van der Waals surface area contributed by atoms with E-state index >= 15 is 0 Å². The molecule has 0 aromatic rings. The number of carbonyl (C=O) groups excluding carboxylic acids is 1. The molecule has 0 aliphatic heterocycles. The molecule has 1 aliphatic rings. The summed E-state index contributed by atoms with van der Waals surface area (Å²) in [5, 5.41) is 8.72. The molecule has 17 heavy (non-hydrogen) atoms. The summed E-state index contributed by atoms with van der Waals surface area (Å²) in [5.41, 5.74) is 0.167. The Labute approximate surface area is 104 Å². The zero-order chi connectivity index (χ0) is 13.1. The SMILES string of the molecule is COC1(OC)C=C(C(=O)O)C(SC(C)=O)CC1. The van der Waals surface area contributed by atoms with Crippen LogP contribution in [0.25, 0.3) is 0 Å². The van der Waals surface area contributed by atoms with E-state index in [2.05, 4.69) is 0 Å². The highest BCUT2D eigenvalue weighted by atomic mass is 32.2. The summed E-state index contributed by atoms with van der Waals surface area (Å²) in [6, 6.07) is 0. The Hall–Kier alpha value is -0.850. The Bertz CT molecular complexity index is 346. The van der Waals surface area contributed by atoms with Gasteiger partial charge in [-0.3, -0.25) is 4.79 Å². The number of aliphatic carboxylic acids is 1. The van der Waals surface area contributed by atoms with Crippen molar-refractivity contribution in [1.82, 2.24) is 0 Å². The summed E-state index contributed by atoms with van der Waals surface area (Å²) >= 11 is 1.03. The van der Waals surface area contributed by atoms with Crippen molar-refractivity contribution in [1.29, 1.82) is 0 Å². The molecule has 96 valence electrons. The van der Waals surface area contributed by atoms with Gasteiger partial charge in [0.25, 0.3) is 0 Å². The van der Waals surface area contributed by atoms with Crippen LogP contribution in [0.1, 0.15) is 19.8 Å². The third kappa shape index (κ3) is 3.31. The number of carbonyl (C=O) groups is 2. The fraction of sp³-hybridized carbons (Fsp3) is 0.636. The van der Waals surface area contributed by atoms with Crippen LogP contribution in [0.15, 0.2) is 11.6 Å². The van der Waals surface area contributed by atoms with E-state index in [4.69, 9.17) is 14.6 Å². The van der Waals surface area contributed by atoms with E-state index in [1.807, 2.05) is 0 Å². The van der Waals surface area contributed by atoms with Crippen molar-refractivity contribution < 1.29 is 24.2 Å². The molecule has 0 amide bonds. The average molecular weight is 260 g/mol. The minimum absolute atomic E-state index is 0.0931. The van der Waals surface area contributed by atoms with E-state index < -0.39 is 11.8 Å². The van der Waals surface area contributed by atoms with E-state index in [1.54, 1.807) is 0 Å². The normalized spacial score (nSPS) is 23.0. The summed E-state index contributed by atoms with van der Waals surface area (Å²) in [6.45, 7) is 1.43. The van der Waals surface area contributed by atoms with Gasteiger partial charge in [-0.2, -0.15) is 0 Å². The summed E-state index contributed by atoms with van der Waals surface area (Å²) in [4.78, 5) is 22.2. The Morgan fingerprint density at radius 3 is 2.47 bits per heavy atom. The molecule has 0 heterocycles. The van der Waals surface area contributed by atoms with Gasteiger partial charge in [0.1, 0.15) is 0 Å². The zero-order valence-corrected chi connectivity index (χ0v) is 10.9. The van der Waals surface area contributed by atoms with Gasteiger partial charge in [-0.15, -0.1) is 0 Å². The van der Waals surface area contributed by atoms with Gasteiger partial charge in [-0.05, 0) is 12.5 Å². The fourth-order valence-electron chi connectivity index (χ4n) is 1.82. The maximum Gasteiger partial charge on any atom is 0.332 e. The lowest BCUT2D eigenvalue weighted by molar-refractivity contribution is -0.178. The van der Waals surface area contributed by atoms with E-state index in [1.165, 1.54) is 27.2 Å². The summed E-state index contributed by atoms with van der Waals surface area (Å²) in [6.07, 6.45) is 2.52. The molecule has 0 saturated heterocycles. The van der Waals surface area contributed by atoms with E-state index in [0.29, 0.717) is 12.8 Å². The van der Waals surface area contributed by atoms with Crippen molar-refractivity contribution in [2.45, 2.75) is 30.8 Å². The molecule has 1 N–H and O–H groups in total. The van der Waals surface area contributed by atoms with Crippen LogP contribution < -0.4 is 0 Å². The van der Waals surface area contributed by atoms with Crippen LogP contribution in [0.3, 0.4) is 0 Å². The molecule has 6 heteroatoms. The lowest BCUT2D eigenvalue weighted by atomic mass is 9.94. The predicted molar refractivity (Wildman–Crippen MR) is 63.8 cm³/mol. The second-order valence-electron chi connectivity index (χ2n) is 3.76. The van der Waals surface area contributed by atoms with Crippen LogP contribution in [0, 0.1) is 0 Å². The second-order valence-corrected chi connectivity index (χ2v) is 5.14. The topological polar surface area (TPSA) is 72.8 Å². The van der Waals surface area contributed by atoms with E-state index in [-0.39, 0.29) is 15.9 Å². The van der Waals surface area contributed by atoms with Gasteiger partial charge in [0, 0.05) is 32.8 Å². The molecule has 1 atom stereocenters. The van der Waals surface area contributed by atoms with Crippen LogP contribution >= 0.6 is 11.8 Å². The molecule has 0 bridgehead atoms. The van der Waals surface area contributed by atoms with Crippen LogP contribution in [-0.2, 0) is 19.1 Å². The number of thioether (sulfide) groups is 1. The minimum atomic E-state index is -1.04. The van der Waals surface area contributed by atoms with Gasteiger partial charge in [0.2, 0.25) is 0 Å². The van der Waals surface area contributed by atoms with Crippen LogP contribution in [-0.4, -0.2) is 41.4 Å². The van der Waals surface area contributed by atoms with Gasteiger partial charge < -0.3 is 14.6 Å². The highest BCUT2D eigenvalue weighted by Crippen LogP contribution is 2.36. The first-order chi connectivity index (χ1) is 7.94. The average Bonchev–Trinajstić information content (AvgIpc) is 2.29. The molecule has 0 aromatic carbocycles. The number of hydrogen-bond donors (Lipinski definition) is 1. The Kier molecular flexibility index (Phi) is 4.73. The van der Waals surface area contributed by atoms with Gasteiger partial charge in [0.05, 0.1) is 5.57 Å². The van der Waals surface area contributed by atoms with Gasteiger partial charge in [-0.25, -0.2) is 4.79 Å². The highest BCUT2D eigenvalue weighted by molar-refractivity contribution is 8.14. The van der Waals surface area contributed by atoms with Crippen molar-refractivity contribution >= 4 is 22.8 Å². The molecule has 1 rings (SSSR count). The van der Waals surface area contributed by atoms with Crippen molar-refractivity contribution in [3.63, 3.8) is 0 Å². The molecule has 0 fully saturated rings. The molecular formula is C11H16O5S. The smallest absolute Gasteiger partial charge is 0.332 e. The lowest BCUT2D eigenvalue weighted by Crippen LogP contribution is -2.38. The van der Waals surface area contributed by atoms with Crippen molar-refractivity contribution in [2.75, 3.05) is 14.2 Å². The molecule has 0 saturated carbocycles. The van der Waals surface area contributed by atoms with E-state index in [9.17, 15) is 9.59 Å². The van der Waals surface area contributed by atoms with E-state index in [0.717, 1.165) is 11.8 Å². The fourth-order valence-corrected chi connectivity index (χ4v) is 2.75. The molecular weight excluding hydrogens is 244 g/mol. The molecule has 5 nitrogen and oxygen atoms in total. The first-order valence-electron chi connectivity index (χ1n) is 5.17. The van der Waals surface area contributed by atoms with Gasteiger partial charge in [0.15, 0.2) is 10.9 Å². The quantitative estimate of drug-likeness (QED) is 0.771. The zero-order valence-electron chi connectivity index (χ0n) is 10.1. The molecule has 1 aliphatic carbocycles. The lowest BCUT2D eigenvalue weighted by Gasteiger charge is -2.34. The maximum atomic E-state index is 11.2. The Balaban J connectivity index is 3.01. The maximum absolute atomic E-state index is 11.2. The number of methoxy groups -OCH3 is 2. The minimum Gasteiger partial charge on any atom is -0.478 e. The monoisotopic (exact) mass is 260 g/mol. The van der Waals surface area contributed by atoms with Gasteiger partial charge >= 0.3 is 5.97 Å². The third-order valence-electron chi connectivity index (χ3n) is 2.72. The molecule has 0 aromatic heterocycles. The van der Waals surface area contributed by atoms with Crippen molar-refractivity contribution in [3.8, 4) is 0 Å². The standard InChI is InChI=1S/C11H16O5S/c1-7(12)17-9-4-5-11(15-2,16-3)6-8(9)10(13)14/h6,9H,4-5H2,1-3H3,(H,13,14). The Morgan fingerprint density at radius 1 is 1.47 bits per heavy atom. The van der Waals surface area contributed by atoms with Crippen LogP contribution in [0.2, 0.25) is 0 Å². The molecule has 0 radical (unpaired) electrons. The first-order valence-corrected chi connectivity index (χ1v) is 6.05. The van der Waals surface area contributed by atoms with Crippen LogP contribution in [0.5, 0.6) is 0 Å². The number of ether oxygens (including phenoxy) is 2. The van der Waals surface area contributed by atoms with Crippen LogP contribution in [0.4, 0.5) is 0 Å². The number of rotatable bonds is 4. The summed E-state index contributed by atoms with van der Waals surface area (Å²) in [7, 11) is 2.94. The second kappa shape index (κ2) is 5.66. The predicted octanol–water partition coefficient (Wildman–Crippen LogP) is 1.43. The highest BCUT2D eigenvalue weighted by Gasteiger charge is 2.38. The molecule has 1 unspecified atom stereocenters. The van der Waals surface area contributed by atoms with Crippen molar-refractivity contribution in [3.05, 3.63) is 11.6 Å². The number of carboxylic acid groups (broad SMARTS) is 1. The Morgan fingerprint density at radius 2 is 2.06 bits per heavy atom. The summed E-state index contributed by atoms with van der Waals surface area (Å²) < 4.78 is 10.4. The summed E-state index contributed by atoms with van der Waals surface area (Å²) in [5.74, 6) is -2.02. The first kappa shape index (κ1) is 14.2. The number of carboxylic acids is 1. The third-order valence-corrected chi connectivity index (χ3v) is 3.83.